The van der Waals surface area contributed by atoms with Gasteiger partial charge < -0.3 is 0 Å². The Morgan fingerprint density at radius 1 is 1.04 bits per heavy atom. The van der Waals surface area contributed by atoms with Crippen LogP contribution in [0.1, 0.15) is 64.5 Å². The third-order valence-corrected chi connectivity index (χ3v) is 4.46. The maximum absolute atomic E-state index is 3.56. The van der Waals surface area contributed by atoms with E-state index in [4.69, 9.17) is 0 Å². The van der Waals surface area contributed by atoms with Gasteiger partial charge in [0.2, 0.25) is 0 Å². The summed E-state index contributed by atoms with van der Waals surface area (Å²) in [6.45, 7) is 8.94. The summed E-state index contributed by atoms with van der Waals surface area (Å²) in [7, 11) is 0. The Bertz CT molecular complexity index is 547. The fourth-order valence-corrected chi connectivity index (χ4v) is 2.97. The van der Waals surface area contributed by atoms with E-state index in [9.17, 15) is 0 Å². The van der Waals surface area contributed by atoms with E-state index in [1.54, 1.807) is 0 Å². The van der Waals surface area contributed by atoms with Crippen molar-refractivity contribution in [1.82, 2.24) is 0 Å². The molecule has 0 aliphatic heterocycles. The van der Waals surface area contributed by atoms with E-state index >= 15 is 0 Å². The van der Waals surface area contributed by atoms with Crippen molar-refractivity contribution in [2.24, 2.45) is 5.92 Å². The Kier molecular flexibility index (Phi) is 9.94. The minimum Gasteiger partial charge on any atom is -0.0880 e. The average Bonchev–Trinajstić information content (AvgIpc) is 2.52. The van der Waals surface area contributed by atoms with Crippen LogP contribution in [0.2, 0.25) is 0 Å². The summed E-state index contributed by atoms with van der Waals surface area (Å²) >= 11 is 3.56. The molecule has 1 rings (SSSR count). The number of halogens is 1. The van der Waals surface area contributed by atoms with Crippen molar-refractivity contribution in [3.05, 3.63) is 64.8 Å². The smallest absolute Gasteiger partial charge is 0.0288 e. The number of allylic oxidation sites excluding steroid dienone is 5. The molecule has 0 atom stereocenters. The minimum atomic E-state index is 0.662. The summed E-state index contributed by atoms with van der Waals surface area (Å²) in [6, 6.07) is 8.59. The number of benzene rings is 1. The first-order valence-corrected chi connectivity index (χ1v) is 9.78. The minimum absolute atomic E-state index is 0.662. The molecule has 0 radical (unpaired) electrons. The van der Waals surface area contributed by atoms with Crippen LogP contribution in [0.15, 0.2) is 53.6 Å². The lowest BCUT2D eigenvalue weighted by atomic mass is 10.0. The first kappa shape index (κ1) is 20.0. The van der Waals surface area contributed by atoms with E-state index in [1.807, 2.05) is 0 Å². The van der Waals surface area contributed by atoms with Crippen molar-refractivity contribution in [3.8, 4) is 0 Å². The molecular formula is C22H31Br. The summed E-state index contributed by atoms with van der Waals surface area (Å²) in [4.78, 5) is 0. The van der Waals surface area contributed by atoms with E-state index in [1.165, 1.54) is 28.7 Å². The van der Waals surface area contributed by atoms with Crippen LogP contribution in [0.5, 0.6) is 0 Å². The highest BCUT2D eigenvalue weighted by Crippen LogP contribution is 2.18. The van der Waals surface area contributed by atoms with Crippen LogP contribution in [-0.4, -0.2) is 0 Å². The molecule has 0 saturated carbocycles. The predicted molar refractivity (Wildman–Crippen MR) is 109 cm³/mol. The largest absolute Gasteiger partial charge is 0.0880 e. The third-order valence-electron chi connectivity index (χ3n) is 3.86. The Labute approximate surface area is 151 Å². The Balaban J connectivity index is 2.44. The second kappa shape index (κ2) is 11.5. The van der Waals surface area contributed by atoms with Gasteiger partial charge >= 0.3 is 0 Å². The second-order valence-corrected chi connectivity index (χ2v) is 7.18. The zero-order chi connectivity index (χ0) is 17.1. The lowest BCUT2D eigenvalue weighted by molar-refractivity contribution is 0.820. The van der Waals surface area contributed by atoms with Crippen LogP contribution in [-0.2, 0) is 5.33 Å². The molecule has 0 N–H and O–H groups in total. The molecule has 0 aliphatic rings. The standard InChI is InChI=1S/C22H31Br/c1-18(2)10-5-6-11-19(3)12-9-13-20(4)16-21-14-7-8-15-22(21)17-23/h5,7-8,10,12,14-16,18H,6,9,11,13,17H2,1-4H3/b10-5?,19-12+,20-16+. The quantitative estimate of drug-likeness (QED) is 0.306. The lowest BCUT2D eigenvalue weighted by Gasteiger charge is -2.05. The molecule has 0 aliphatic carbocycles. The van der Waals surface area contributed by atoms with E-state index in [-0.39, 0.29) is 0 Å². The molecule has 0 fully saturated rings. The van der Waals surface area contributed by atoms with Crippen LogP contribution in [0.4, 0.5) is 0 Å². The van der Waals surface area contributed by atoms with Crippen LogP contribution in [0, 0.1) is 5.92 Å². The average molecular weight is 375 g/mol. The number of hydrogen-bond acceptors (Lipinski definition) is 0. The number of rotatable bonds is 9. The van der Waals surface area contributed by atoms with Crippen LogP contribution < -0.4 is 0 Å². The van der Waals surface area contributed by atoms with Crippen LogP contribution in [0.25, 0.3) is 6.08 Å². The summed E-state index contributed by atoms with van der Waals surface area (Å²) in [5.74, 6) is 0.662. The molecule has 0 amide bonds. The maximum Gasteiger partial charge on any atom is 0.0288 e. The van der Waals surface area contributed by atoms with Gasteiger partial charge in [0.25, 0.3) is 0 Å². The van der Waals surface area contributed by atoms with E-state index < -0.39 is 0 Å². The molecule has 1 aromatic rings. The first-order chi connectivity index (χ1) is 11.0. The van der Waals surface area contributed by atoms with Gasteiger partial charge in [0.15, 0.2) is 0 Å². The molecule has 0 saturated heterocycles. The highest BCUT2D eigenvalue weighted by atomic mass is 79.9. The highest BCUT2D eigenvalue weighted by Gasteiger charge is 1.98. The first-order valence-electron chi connectivity index (χ1n) is 8.66. The van der Waals surface area contributed by atoms with Gasteiger partial charge in [-0.25, -0.2) is 0 Å². The lowest BCUT2D eigenvalue weighted by Crippen LogP contribution is -1.85. The summed E-state index contributed by atoms with van der Waals surface area (Å²) in [5.41, 5.74) is 5.64. The third kappa shape index (κ3) is 8.95. The highest BCUT2D eigenvalue weighted by molar-refractivity contribution is 9.08. The van der Waals surface area contributed by atoms with Gasteiger partial charge in [-0.05, 0) is 56.6 Å². The molecule has 0 heterocycles. The van der Waals surface area contributed by atoms with E-state index in [2.05, 4.69) is 92.2 Å². The predicted octanol–water partition coefficient (Wildman–Crippen LogP) is 7.70. The molecule has 0 unspecified atom stereocenters. The molecular weight excluding hydrogens is 344 g/mol. The van der Waals surface area contributed by atoms with Gasteiger partial charge in [0.05, 0.1) is 0 Å². The van der Waals surface area contributed by atoms with Crippen molar-refractivity contribution in [2.45, 2.75) is 58.7 Å². The van der Waals surface area contributed by atoms with Crippen molar-refractivity contribution >= 4 is 22.0 Å². The normalized spacial score (nSPS) is 13.3. The van der Waals surface area contributed by atoms with Gasteiger partial charge in [0, 0.05) is 5.33 Å². The molecule has 0 bridgehead atoms. The van der Waals surface area contributed by atoms with Gasteiger partial charge in [-0.15, -0.1) is 0 Å². The SMILES string of the molecule is C/C(=C\CC/C(C)=C/c1ccccc1CBr)CCC=CC(C)C. The van der Waals surface area contributed by atoms with E-state index in [0.29, 0.717) is 5.92 Å². The summed E-state index contributed by atoms with van der Waals surface area (Å²) < 4.78 is 0. The molecule has 126 valence electrons. The molecule has 1 heteroatoms. The molecule has 23 heavy (non-hydrogen) atoms. The van der Waals surface area contributed by atoms with Crippen molar-refractivity contribution in [1.29, 1.82) is 0 Å². The van der Waals surface area contributed by atoms with E-state index in [0.717, 1.165) is 24.6 Å². The van der Waals surface area contributed by atoms with Gasteiger partial charge in [-0.2, -0.15) is 0 Å². The monoisotopic (exact) mass is 374 g/mol. The van der Waals surface area contributed by atoms with Crippen molar-refractivity contribution in [2.75, 3.05) is 0 Å². The molecule has 0 spiro atoms. The van der Waals surface area contributed by atoms with Gasteiger partial charge in [-0.1, -0.05) is 89.5 Å². The topological polar surface area (TPSA) is 0 Å². The molecule has 0 nitrogen and oxygen atoms in total. The molecule has 0 aromatic heterocycles. The zero-order valence-electron chi connectivity index (χ0n) is 15.1. The Hall–Kier alpha value is -1.08. The second-order valence-electron chi connectivity index (χ2n) is 6.62. The Morgan fingerprint density at radius 2 is 1.74 bits per heavy atom. The van der Waals surface area contributed by atoms with Crippen LogP contribution in [0.3, 0.4) is 0 Å². The van der Waals surface area contributed by atoms with Gasteiger partial charge in [0.1, 0.15) is 0 Å². The van der Waals surface area contributed by atoms with Gasteiger partial charge in [-0.3, -0.25) is 0 Å². The number of alkyl halides is 1. The maximum atomic E-state index is 3.56. The Morgan fingerprint density at radius 3 is 2.43 bits per heavy atom. The fourth-order valence-electron chi connectivity index (χ4n) is 2.46. The summed E-state index contributed by atoms with van der Waals surface area (Å²) in [5, 5.41) is 0.913. The number of hydrogen-bond donors (Lipinski definition) is 0. The van der Waals surface area contributed by atoms with Crippen LogP contribution >= 0.6 is 15.9 Å². The zero-order valence-corrected chi connectivity index (χ0v) is 16.7. The van der Waals surface area contributed by atoms with Crippen molar-refractivity contribution < 1.29 is 0 Å². The summed E-state index contributed by atoms with van der Waals surface area (Å²) in [6.07, 6.45) is 13.9. The fraction of sp³-hybridized carbons (Fsp3) is 0.455. The molecule has 1 aromatic carbocycles. The van der Waals surface area contributed by atoms with Crippen molar-refractivity contribution in [3.63, 3.8) is 0 Å².